The van der Waals surface area contributed by atoms with Crippen LogP contribution < -0.4 is 9.80 Å². The highest BCUT2D eigenvalue weighted by Crippen LogP contribution is 2.30. The van der Waals surface area contributed by atoms with Crippen LogP contribution in [0.2, 0.25) is 0 Å². The number of hydrogen-bond acceptors (Lipinski definition) is 7. The van der Waals surface area contributed by atoms with Crippen molar-refractivity contribution in [1.82, 2.24) is 15.0 Å². The molecule has 3 aliphatic heterocycles. The van der Waals surface area contributed by atoms with Gasteiger partial charge >= 0.3 is 0 Å². The fourth-order valence-corrected chi connectivity index (χ4v) is 7.27. The Morgan fingerprint density at radius 1 is 0.527 bits per heavy atom. The number of allylic oxidation sites excluding steroid dienone is 6. The molecule has 0 spiro atoms. The zero-order chi connectivity index (χ0) is 37.2. The molecule has 5 aromatic rings. The zero-order valence-electron chi connectivity index (χ0n) is 31.0. The lowest BCUT2D eigenvalue weighted by Gasteiger charge is -2.28. The SMILES string of the molecule is N#CC(=C1C=C(C=Cc2ccc(N3CCCCC3)cc2)OC(C=Cc2ccc(N3CCCCC3)cc2)=C1)c1nc(-c2ccccc2)nc(-c2ccccc2)n1. The number of benzene rings is 4. The summed E-state index contributed by atoms with van der Waals surface area (Å²) in [4.78, 5) is 19.5. The summed E-state index contributed by atoms with van der Waals surface area (Å²) in [6, 6.07) is 39.4. The summed E-state index contributed by atoms with van der Waals surface area (Å²) in [5.74, 6) is 2.50. The summed E-state index contributed by atoms with van der Waals surface area (Å²) in [6.45, 7) is 4.44. The third-order valence-corrected chi connectivity index (χ3v) is 10.3. The normalized spacial score (nSPS) is 16.1. The molecular weight excluding hydrogens is 677 g/mol. The van der Waals surface area contributed by atoms with Crippen molar-refractivity contribution in [2.75, 3.05) is 36.0 Å². The van der Waals surface area contributed by atoms with Gasteiger partial charge in [-0.15, -0.1) is 0 Å². The first-order valence-corrected chi connectivity index (χ1v) is 19.4. The third-order valence-electron chi connectivity index (χ3n) is 10.3. The highest BCUT2D eigenvalue weighted by atomic mass is 16.5. The van der Waals surface area contributed by atoms with Gasteiger partial charge in [0.15, 0.2) is 17.5 Å². The molecule has 4 heterocycles. The van der Waals surface area contributed by atoms with Gasteiger partial charge in [0.2, 0.25) is 0 Å². The first-order chi connectivity index (χ1) is 27.2. The van der Waals surface area contributed by atoms with E-state index < -0.39 is 0 Å². The van der Waals surface area contributed by atoms with Crippen molar-refractivity contribution in [1.29, 1.82) is 5.26 Å². The van der Waals surface area contributed by atoms with Gasteiger partial charge in [-0.3, -0.25) is 0 Å². The molecule has 0 bridgehead atoms. The maximum atomic E-state index is 10.8. The summed E-state index contributed by atoms with van der Waals surface area (Å²) in [7, 11) is 0. The van der Waals surface area contributed by atoms with Crippen LogP contribution >= 0.6 is 0 Å². The molecule has 0 aliphatic carbocycles. The first kappa shape index (κ1) is 35.5. The van der Waals surface area contributed by atoms with Gasteiger partial charge in [0.1, 0.15) is 23.2 Å². The highest BCUT2D eigenvalue weighted by Gasteiger charge is 2.19. The Bertz CT molecular complexity index is 2140. The number of piperidine rings is 2. The Labute approximate surface area is 324 Å². The summed E-state index contributed by atoms with van der Waals surface area (Å²) in [6.07, 6.45) is 19.4. The molecule has 0 saturated carbocycles. The second-order valence-corrected chi connectivity index (χ2v) is 14.1. The second-order valence-electron chi connectivity index (χ2n) is 14.1. The van der Waals surface area contributed by atoms with Crippen molar-refractivity contribution < 1.29 is 4.74 Å². The Balaban J connectivity index is 1.15. The molecule has 0 unspecified atom stereocenters. The summed E-state index contributed by atoms with van der Waals surface area (Å²) >= 11 is 0. The van der Waals surface area contributed by atoms with Crippen LogP contribution in [-0.4, -0.2) is 41.1 Å². The zero-order valence-corrected chi connectivity index (χ0v) is 31.0. The Hall–Kier alpha value is -6.52. The quantitative estimate of drug-likeness (QED) is 0.140. The minimum atomic E-state index is 0.299. The van der Waals surface area contributed by atoms with E-state index in [4.69, 9.17) is 19.7 Å². The molecule has 0 amide bonds. The summed E-state index contributed by atoms with van der Waals surface area (Å²) < 4.78 is 6.45. The molecule has 0 radical (unpaired) electrons. The standard InChI is InChI=1S/C48H44N6O/c49-35-45(48-51-46(38-13-5-1-6-14-38)50-47(52-48)39-15-7-2-8-16-39)40-33-43(27-21-36-17-23-41(24-18-36)53-29-9-3-10-30-53)55-44(34-40)28-22-37-19-25-42(26-20-37)54-31-11-4-12-32-54/h1-2,5-8,13-28,33-34H,3-4,9-12,29-32H2. The lowest BCUT2D eigenvalue weighted by Crippen LogP contribution is -2.29. The largest absolute Gasteiger partial charge is 0.457 e. The molecule has 4 aromatic carbocycles. The lowest BCUT2D eigenvalue weighted by atomic mass is 10.0. The van der Waals surface area contributed by atoms with Crippen LogP contribution in [-0.2, 0) is 4.74 Å². The Morgan fingerprint density at radius 2 is 0.964 bits per heavy atom. The molecule has 2 saturated heterocycles. The minimum Gasteiger partial charge on any atom is -0.457 e. The molecule has 55 heavy (non-hydrogen) atoms. The van der Waals surface area contributed by atoms with E-state index in [9.17, 15) is 5.26 Å². The van der Waals surface area contributed by atoms with Crippen LogP contribution in [0.5, 0.6) is 0 Å². The predicted octanol–water partition coefficient (Wildman–Crippen LogP) is 10.7. The lowest BCUT2D eigenvalue weighted by molar-refractivity contribution is 0.332. The molecule has 3 aliphatic rings. The van der Waals surface area contributed by atoms with E-state index in [1.165, 1.54) is 49.9 Å². The average Bonchev–Trinajstić information content (AvgIpc) is 3.27. The van der Waals surface area contributed by atoms with Crippen molar-refractivity contribution in [2.45, 2.75) is 38.5 Å². The first-order valence-electron chi connectivity index (χ1n) is 19.4. The molecule has 8 rings (SSSR count). The van der Waals surface area contributed by atoms with E-state index in [1.54, 1.807) is 0 Å². The molecule has 0 atom stereocenters. The van der Waals surface area contributed by atoms with Crippen molar-refractivity contribution in [2.24, 2.45) is 0 Å². The van der Waals surface area contributed by atoms with Gasteiger partial charge in [0.05, 0.1) is 0 Å². The monoisotopic (exact) mass is 720 g/mol. The average molecular weight is 721 g/mol. The van der Waals surface area contributed by atoms with Gasteiger partial charge in [-0.05, 0) is 98.2 Å². The van der Waals surface area contributed by atoms with Gasteiger partial charge in [0.25, 0.3) is 0 Å². The number of ether oxygens (including phenoxy) is 1. The molecule has 1 aromatic heterocycles. The maximum Gasteiger partial charge on any atom is 0.175 e. The van der Waals surface area contributed by atoms with Crippen LogP contribution in [0.1, 0.15) is 55.5 Å². The van der Waals surface area contributed by atoms with E-state index >= 15 is 0 Å². The Morgan fingerprint density at radius 3 is 1.38 bits per heavy atom. The Kier molecular flexibility index (Phi) is 11.0. The van der Waals surface area contributed by atoms with E-state index in [0.29, 0.717) is 40.1 Å². The van der Waals surface area contributed by atoms with Gasteiger partial charge in [0, 0.05) is 54.3 Å². The van der Waals surface area contributed by atoms with Gasteiger partial charge in [-0.2, -0.15) is 5.26 Å². The van der Waals surface area contributed by atoms with Crippen molar-refractivity contribution in [3.63, 3.8) is 0 Å². The highest BCUT2D eigenvalue weighted by molar-refractivity contribution is 5.82. The number of nitrogens with zero attached hydrogens (tertiary/aromatic N) is 6. The summed E-state index contributed by atoms with van der Waals surface area (Å²) in [5.41, 5.74) is 7.31. The summed E-state index contributed by atoms with van der Waals surface area (Å²) in [5, 5.41) is 10.8. The van der Waals surface area contributed by atoms with Crippen LogP contribution in [0.25, 0.3) is 40.5 Å². The molecule has 272 valence electrons. The fourth-order valence-electron chi connectivity index (χ4n) is 7.27. The van der Waals surface area contributed by atoms with E-state index in [-0.39, 0.29) is 0 Å². The van der Waals surface area contributed by atoms with Gasteiger partial charge < -0.3 is 14.5 Å². The van der Waals surface area contributed by atoms with Crippen LogP contribution in [0, 0.1) is 11.3 Å². The molecular formula is C48H44N6O. The number of rotatable bonds is 9. The van der Waals surface area contributed by atoms with E-state index in [2.05, 4.69) is 64.4 Å². The second kappa shape index (κ2) is 17.1. The number of nitriles is 1. The van der Waals surface area contributed by atoms with Crippen LogP contribution in [0.3, 0.4) is 0 Å². The number of hydrogen-bond donors (Lipinski definition) is 0. The van der Waals surface area contributed by atoms with E-state index in [0.717, 1.165) is 48.4 Å². The van der Waals surface area contributed by atoms with Crippen molar-refractivity contribution >= 4 is 29.1 Å². The molecule has 7 heteroatoms. The molecule has 2 fully saturated rings. The maximum absolute atomic E-state index is 10.8. The van der Waals surface area contributed by atoms with Gasteiger partial charge in [-0.25, -0.2) is 15.0 Å². The molecule has 7 nitrogen and oxygen atoms in total. The number of aromatic nitrogens is 3. The minimum absolute atomic E-state index is 0.299. The predicted molar refractivity (Wildman–Crippen MR) is 224 cm³/mol. The fraction of sp³-hybridized carbons (Fsp3) is 0.208. The van der Waals surface area contributed by atoms with Crippen molar-refractivity contribution in [3.05, 3.63) is 168 Å². The van der Waals surface area contributed by atoms with E-state index in [1.807, 2.05) is 97.1 Å². The topological polar surface area (TPSA) is 78.2 Å². The molecule has 0 N–H and O–H groups in total. The van der Waals surface area contributed by atoms with Crippen LogP contribution in [0.15, 0.2) is 151 Å². The smallest absolute Gasteiger partial charge is 0.175 e. The van der Waals surface area contributed by atoms with Gasteiger partial charge in [-0.1, -0.05) is 97.1 Å². The van der Waals surface area contributed by atoms with Crippen LogP contribution in [0.4, 0.5) is 11.4 Å². The van der Waals surface area contributed by atoms with Crippen molar-refractivity contribution in [3.8, 4) is 28.8 Å². The number of anilines is 2. The third kappa shape index (κ3) is 8.83.